The summed E-state index contributed by atoms with van der Waals surface area (Å²) >= 11 is 0. The van der Waals surface area contributed by atoms with Gasteiger partial charge in [0.25, 0.3) is 0 Å². The van der Waals surface area contributed by atoms with Crippen LogP contribution in [0.15, 0.2) is 30.3 Å². The number of hydrogen-bond acceptors (Lipinski definition) is 4. The van der Waals surface area contributed by atoms with E-state index in [1.165, 1.54) is 5.56 Å². The van der Waals surface area contributed by atoms with Gasteiger partial charge in [0.1, 0.15) is 0 Å². The first-order valence-corrected chi connectivity index (χ1v) is 7.14. The molecule has 1 aromatic heterocycles. The van der Waals surface area contributed by atoms with Crippen molar-refractivity contribution >= 4 is 0 Å². The van der Waals surface area contributed by atoms with Crippen LogP contribution in [0.1, 0.15) is 51.2 Å². The first kappa shape index (κ1) is 14.7. The van der Waals surface area contributed by atoms with Crippen LogP contribution in [-0.2, 0) is 6.54 Å². The van der Waals surface area contributed by atoms with Crippen molar-refractivity contribution in [2.75, 3.05) is 0 Å². The molecule has 5 nitrogen and oxygen atoms in total. The highest BCUT2D eigenvalue weighted by Gasteiger charge is 2.17. The zero-order chi connectivity index (χ0) is 14.5. The second-order valence-electron chi connectivity index (χ2n) is 5.65. The van der Waals surface area contributed by atoms with Crippen molar-refractivity contribution in [3.63, 3.8) is 0 Å². The van der Waals surface area contributed by atoms with Gasteiger partial charge in [0.15, 0.2) is 5.82 Å². The molecule has 1 atom stereocenters. The predicted octanol–water partition coefficient (Wildman–Crippen LogP) is 2.74. The summed E-state index contributed by atoms with van der Waals surface area (Å²) in [6.45, 7) is 9.27. The summed E-state index contributed by atoms with van der Waals surface area (Å²) in [5, 5.41) is 15.5. The molecular weight excluding hydrogens is 250 g/mol. The SMILES string of the molecule is CC(C)C(NCc1nnnn1C(C)C)c1ccccc1. The lowest BCUT2D eigenvalue weighted by atomic mass is 9.96. The number of aromatic nitrogens is 4. The second kappa shape index (κ2) is 6.61. The molecule has 2 rings (SSSR count). The molecule has 1 heterocycles. The molecule has 1 unspecified atom stereocenters. The van der Waals surface area contributed by atoms with E-state index in [-0.39, 0.29) is 6.04 Å². The van der Waals surface area contributed by atoms with Crippen molar-refractivity contribution < 1.29 is 0 Å². The molecule has 0 aliphatic rings. The van der Waals surface area contributed by atoms with Crippen LogP contribution in [0.3, 0.4) is 0 Å². The number of nitrogens with one attached hydrogen (secondary N) is 1. The first-order chi connectivity index (χ1) is 9.59. The van der Waals surface area contributed by atoms with Gasteiger partial charge in [-0.05, 0) is 35.8 Å². The zero-order valence-electron chi connectivity index (χ0n) is 12.6. The Labute approximate surface area is 120 Å². The van der Waals surface area contributed by atoms with Crippen molar-refractivity contribution in [2.45, 2.75) is 46.3 Å². The summed E-state index contributed by atoms with van der Waals surface area (Å²) in [7, 11) is 0. The van der Waals surface area contributed by atoms with E-state index in [4.69, 9.17) is 0 Å². The van der Waals surface area contributed by atoms with Crippen LogP contribution in [0.2, 0.25) is 0 Å². The van der Waals surface area contributed by atoms with Gasteiger partial charge in [-0.3, -0.25) is 0 Å². The maximum Gasteiger partial charge on any atom is 0.165 e. The summed E-state index contributed by atoms with van der Waals surface area (Å²) in [6.07, 6.45) is 0. The van der Waals surface area contributed by atoms with Crippen LogP contribution >= 0.6 is 0 Å². The molecule has 0 spiro atoms. The highest BCUT2D eigenvalue weighted by Crippen LogP contribution is 2.21. The van der Waals surface area contributed by atoms with E-state index in [0.29, 0.717) is 18.5 Å². The van der Waals surface area contributed by atoms with Crippen molar-refractivity contribution in [3.05, 3.63) is 41.7 Å². The molecule has 0 saturated carbocycles. The number of nitrogens with zero attached hydrogens (tertiary/aromatic N) is 4. The third-order valence-corrected chi connectivity index (χ3v) is 3.36. The summed E-state index contributed by atoms with van der Waals surface area (Å²) < 4.78 is 1.86. The average molecular weight is 273 g/mol. The Morgan fingerprint density at radius 1 is 1.10 bits per heavy atom. The van der Waals surface area contributed by atoms with E-state index in [1.807, 2.05) is 10.7 Å². The number of tetrazole rings is 1. The molecule has 20 heavy (non-hydrogen) atoms. The van der Waals surface area contributed by atoms with Gasteiger partial charge >= 0.3 is 0 Å². The minimum absolute atomic E-state index is 0.274. The molecule has 0 saturated heterocycles. The predicted molar refractivity (Wildman–Crippen MR) is 79.1 cm³/mol. The molecule has 5 heteroatoms. The molecular formula is C15H23N5. The standard InChI is InChI=1S/C15H23N5/c1-11(2)15(13-8-6-5-7-9-13)16-10-14-17-18-19-20(14)12(3)4/h5-9,11-12,15-16H,10H2,1-4H3. The van der Waals surface area contributed by atoms with Gasteiger partial charge in [-0.1, -0.05) is 44.2 Å². The van der Waals surface area contributed by atoms with Crippen molar-refractivity contribution in [3.8, 4) is 0 Å². The summed E-state index contributed by atoms with van der Waals surface area (Å²) in [6, 6.07) is 11.1. The van der Waals surface area contributed by atoms with E-state index in [9.17, 15) is 0 Å². The second-order valence-corrected chi connectivity index (χ2v) is 5.65. The third kappa shape index (κ3) is 3.42. The van der Waals surface area contributed by atoms with Gasteiger partial charge in [-0.15, -0.1) is 5.10 Å². The number of benzene rings is 1. The Hall–Kier alpha value is -1.75. The molecule has 2 aromatic rings. The Balaban J connectivity index is 2.08. The van der Waals surface area contributed by atoms with Crippen molar-refractivity contribution in [2.24, 2.45) is 5.92 Å². The van der Waals surface area contributed by atoms with Gasteiger partial charge in [0.05, 0.1) is 12.6 Å². The fraction of sp³-hybridized carbons (Fsp3) is 0.533. The highest BCUT2D eigenvalue weighted by molar-refractivity contribution is 5.19. The van der Waals surface area contributed by atoms with Crippen LogP contribution in [0.5, 0.6) is 0 Å². The minimum Gasteiger partial charge on any atom is -0.303 e. The van der Waals surface area contributed by atoms with Gasteiger partial charge in [-0.25, -0.2) is 4.68 Å². The van der Waals surface area contributed by atoms with Crippen LogP contribution in [0.4, 0.5) is 0 Å². The third-order valence-electron chi connectivity index (χ3n) is 3.36. The van der Waals surface area contributed by atoms with Crippen molar-refractivity contribution in [1.29, 1.82) is 0 Å². The fourth-order valence-electron chi connectivity index (χ4n) is 2.33. The van der Waals surface area contributed by atoms with Crippen LogP contribution in [-0.4, -0.2) is 20.2 Å². The average Bonchev–Trinajstić information content (AvgIpc) is 2.88. The molecule has 108 valence electrons. The molecule has 0 radical (unpaired) electrons. The lowest BCUT2D eigenvalue weighted by Gasteiger charge is -2.23. The van der Waals surface area contributed by atoms with Gasteiger partial charge in [-0.2, -0.15) is 0 Å². The van der Waals surface area contributed by atoms with E-state index >= 15 is 0 Å². The van der Waals surface area contributed by atoms with Crippen LogP contribution < -0.4 is 5.32 Å². The van der Waals surface area contributed by atoms with E-state index in [1.54, 1.807) is 0 Å². The molecule has 0 amide bonds. The van der Waals surface area contributed by atoms with Crippen LogP contribution in [0.25, 0.3) is 0 Å². The molecule has 1 N–H and O–H groups in total. The molecule has 0 aliphatic heterocycles. The Morgan fingerprint density at radius 3 is 2.40 bits per heavy atom. The van der Waals surface area contributed by atoms with E-state index in [0.717, 1.165) is 5.82 Å². The summed E-state index contributed by atoms with van der Waals surface area (Å²) in [4.78, 5) is 0. The Morgan fingerprint density at radius 2 is 1.80 bits per heavy atom. The fourth-order valence-corrected chi connectivity index (χ4v) is 2.33. The maximum absolute atomic E-state index is 4.10. The first-order valence-electron chi connectivity index (χ1n) is 7.14. The summed E-state index contributed by atoms with van der Waals surface area (Å²) in [5.74, 6) is 1.38. The topological polar surface area (TPSA) is 55.6 Å². The van der Waals surface area contributed by atoms with E-state index in [2.05, 4.69) is 72.8 Å². The summed E-state index contributed by atoms with van der Waals surface area (Å²) in [5.41, 5.74) is 1.30. The molecule has 0 aliphatic carbocycles. The monoisotopic (exact) mass is 273 g/mol. The quantitative estimate of drug-likeness (QED) is 0.879. The number of rotatable bonds is 6. The lowest BCUT2D eigenvalue weighted by Crippen LogP contribution is -2.27. The van der Waals surface area contributed by atoms with Crippen LogP contribution in [0, 0.1) is 5.92 Å². The minimum atomic E-state index is 0.274. The smallest absolute Gasteiger partial charge is 0.165 e. The van der Waals surface area contributed by atoms with E-state index < -0.39 is 0 Å². The van der Waals surface area contributed by atoms with Gasteiger partial charge < -0.3 is 5.32 Å². The highest BCUT2D eigenvalue weighted by atomic mass is 15.5. The molecule has 1 aromatic carbocycles. The Kier molecular flexibility index (Phi) is 4.84. The normalized spacial score (nSPS) is 13.1. The lowest BCUT2D eigenvalue weighted by molar-refractivity contribution is 0.393. The molecule has 0 bridgehead atoms. The van der Waals surface area contributed by atoms with Gasteiger partial charge in [0.2, 0.25) is 0 Å². The molecule has 0 fully saturated rings. The zero-order valence-corrected chi connectivity index (χ0v) is 12.6. The van der Waals surface area contributed by atoms with Crippen molar-refractivity contribution in [1.82, 2.24) is 25.5 Å². The Bertz CT molecular complexity index is 518. The number of hydrogen-bond donors (Lipinski definition) is 1. The maximum atomic E-state index is 4.10. The largest absolute Gasteiger partial charge is 0.303 e. The van der Waals surface area contributed by atoms with Gasteiger partial charge in [0, 0.05) is 6.04 Å².